The van der Waals surface area contributed by atoms with Crippen LogP contribution in [0.5, 0.6) is 0 Å². The summed E-state index contributed by atoms with van der Waals surface area (Å²) >= 11 is 0. The van der Waals surface area contributed by atoms with Crippen LogP contribution in [0, 0.1) is 0 Å². The Morgan fingerprint density at radius 3 is 2.55 bits per heavy atom. The van der Waals surface area contributed by atoms with Gasteiger partial charge >= 0.3 is 0 Å². The van der Waals surface area contributed by atoms with Crippen molar-refractivity contribution in [2.45, 2.75) is 51.7 Å². The van der Waals surface area contributed by atoms with Gasteiger partial charge in [0, 0.05) is 23.7 Å². The van der Waals surface area contributed by atoms with E-state index in [4.69, 9.17) is 0 Å². The van der Waals surface area contributed by atoms with Gasteiger partial charge < -0.3 is 9.47 Å². The highest BCUT2D eigenvalue weighted by Gasteiger charge is 2.28. The summed E-state index contributed by atoms with van der Waals surface area (Å²) in [5.41, 5.74) is -0.0937. The normalized spacial score (nSPS) is 22.0. The summed E-state index contributed by atoms with van der Waals surface area (Å²) in [6, 6.07) is 9.90. The Balaban J connectivity index is 1.88. The fraction of sp³-hybridized carbons (Fsp3) is 0.444. The molecule has 4 nitrogen and oxygen atoms in total. The number of hydrogen-bond acceptors (Lipinski definition) is 2. The Labute approximate surface area is 130 Å². The van der Waals surface area contributed by atoms with Gasteiger partial charge in [0.25, 0.3) is 5.56 Å². The third-order valence-corrected chi connectivity index (χ3v) is 4.67. The average Bonchev–Trinajstić information content (AvgIpc) is 2.50. The number of rotatable bonds is 2. The number of piperidine rings is 1. The molecule has 3 rings (SSSR count). The zero-order valence-corrected chi connectivity index (χ0v) is 13.2. The summed E-state index contributed by atoms with van der Waals surface area (Å²) in [7, 11) is 0. The molecule has 1 aliphatic heterocycles. The number of amides is 1. The molecule has 0 aliphatic carbocycles. The molecule has 2 aromatic rings. The molecule has 0 saturated carbocycles. The van der Waals surface area contributed by atoms with Crippen LogP contribution in [-0.4, -0.2) is 27.5 Å². The Bertz CT molecular complexity index is 740. The molecule has 0 unspecified atom stereocenters. The molecular weight excluding hydrogens is 276 g/mol. The van der Waals surface area contributed by atoms with Crippen LogP contribution in [0.1, 0.15) is 33.1 Å². The zero-order valence-electron chi connectivity index (χ0n) is 13.2. The number of likely N-dealkylation sites (tertiary alicyclic amines) is 1. The van der Waals surface area contributed by atoms with Crippen molar-refractivity contribution >= 4 is 16.7 Å². The van der Waals surface area contributed by atoms with E-state index in [2.05, 4.69) is 13.8 Å². The van der Waals surface area contributed by atoms with Gasteiger partial charge in [-0.25, -0.2) is 0 Å². The minimum Gasteiger partial charge on any atom is -0.336 e. The van der Waals surface area contributed by atoms with E-state index >= 15 is 0 Å². The van der Waals surface area contributed by atoms with E-state index in [1.807, 2.05) is 35.2 Å². The standard InChI is InChI=1S/C18H22N2O2/c1-13-6-5-7-14(2)20(13)17(21)12-19-11-10-15-8-3-4-9-16(15)18(19)22/h3-4,8-11,13-14H,5-7,12H2,1-2H3/t13-,14-/m1/s1. The van der Waals surface area contributed by atoms with Crippen LogP contribution in [0.2, 0.25) is 0 Å². The molecule has 2 heterocycles. The molecule has 1 saturated heterocycles. The second-order valence-electron chi connectivity index (χ2n) is 6.27. The predicted octanol–water partition coefficient (Wildman–Crippen LogP) is 2.79. The van der Waals surface area contributed by atoms with E-state index in [9.17, 15) is 9.59 Å². The van der Waals surface area contributed by atoms with E-state index in [1.54, 1.807) is 6.20 Å². The van der Waals surface area contributed by atoms with Gasteiger partial charge in [-0.15, -0.1) is 0 Å². The van der Waals surface area contributed by atoms with E-state index in [-0.39, 0.29) is 30.1 Å². The van der Waals surface area contributed by atoms with Gasteiger partial charge in [-0.1, -0.05) is 18.2 Å². The van der Waals surface area contributed by atoms with Gasteiger partial charge in [-0.2, -0.15) is 0 Å². The number of aromatic nitrogens is 1. The maximum absolute atomic E-state index is 12.6. The quantitative estimate of drug-likeness (QED) is 0.855. The van der Waals surface area contributed by atoms with E-state index in [1.165, 1.54) is 11.0 Å². The van der Waals surface area contributed by atoms with Crippen molar-refractivity contribution in [3.05, 3.63) is 46.9 Å². The Hall–Kier alpha value is -2.10. The van der Waals surface area contributed by atoms with Crippen LogP contribution in [0.3, 0.4) is 0 Å². The summed E-state index contributed by atoms with van der Waals surface area (Å²) < 4.78 is 1.53. The second kappa shape index (κ2) is 5.95. The molecule has 0 radical (unpaired) electrons. The number of carbonyl (C=O) groups excluding carboxylic acids is 1. The fourth-order valence-electron chi connectivity index (χ4n) is 3.49. The highest BCUT2D eigenvalue weighted by molar-refractivity contribution is 5.82. The number of carbonyl (C=O) groups is 1. The Kier molecular flexibility index (Phi) is 4.01. The van der Waals surface area contributed by atoms with Gasteiger partial charge in [0.1, 0.15) is 6.54 Å². The van der Waals surface area contributed by atoms with Crippen LogP contribution >= 0.6 is 0 Å². The topological polar surface area (TPSA) is 42.3 Å². The largest absolute Gasteiger partial charge is 0.336 e. The van der Waals surface area contributed by atoms with Crippen LogP contribution in [0.15, 0.2) is 41.3 Å². The SMILES string of the molecule is C[C@@H]1CCC[C@@H](C)N1C(=O)Cn1ccc2ccccc2c1=O. The third kappa shape index (κ3) is 2.65. The molecule has 0 spiro atoms. The lowest BCUT2D eigenvalue weighted by atomic mass is 9.97. The lowest BCUT2D eigenvalue weighted by Crippen LogP contribution is -2.49. The Morgan fingerprint density at radius 1 is 1.14 bits per heavy atom. The molecule has 1 aromatic heterocycles. The maximum atomic E-state index is 12.6. The van der Waals surface area contributed by atoms with Gasteiger partial charge in [0.05, 0.1) is 0 Å². The number of fused-ring (bicyclic) bond motifs is 1. The van der Waals surface area contributed by atoms with Crippen LogP contribution in [-0.2, 0) is 11.3 Å². The molecule has 116 valence electrons. The van der Waals surface area contributed by atoms with Crippen molar-refractivity contribution < 1.29 is 4.79 Å². The van der Waals surface area contributed by atoms with Crippen LogP contribution in [0.4, 0.5) is 0 Å². The first-order valence-corrected chi connectivity index (χ1v) is 7.97. The molecular formula is C18H22N2O2. The molecule has 0 N–H and O–H groups in total. The monoisotopic (exact) mass is 298 g/mol. The lowest BCUT2D eigenvalue weighted by molar-refractivity contribution is -0.137. The van der Waals surface area contributed by atoms with Crippen molar-refractivity contribution in [1.29, 1.82) is 0 Å². The number of hydrogen-bond donors (Lipinski definition) is 0. The number of nitrogens with zero attached hydrogens (tertiary/aromatic N) is 2. The van der Waals surface area contributed by atoms with Crippen LogP contribution in [0.25, 0.3) is 10.8 Å². The molecule has 0 bridgehead atoms. The van der Waals surface area contributed by atoms with E-state index in [0.717, 1.165) is 18.2 Å². The minimum absolute atomic E-state index is 0.0390. The zero-order chi connectivity index (χ0) is 15.7. The third-order valence-electron chi connectivity index (χ3n) is 4.67. The highest BCUT2D eigenvalue weighted by atomic mass is 16.2. The summed E-state index contributed by atoms with van der Waals surface area (Å²) in [5.74, 6) is 0.0390. The summed E-state index contributed by atoms with van der Waals surface area (Å²) in [6.45, 7) is 4.31. The highest BCUT2D eigenvalue weighted by Crippen LogP contribution is 2.22. The van der Waals surface area contributed by atoms with Crippen molar-refractivity contribution in [3.8, 4) is 0 Å². The molecule has 22 heavy (non-hydrogen) atoms. The Morgan fingerprint density at radius 2 is 1.82 bits per heavy atom. The lowest BCUT2D eigenvalue weighted by Gasteiger charge is -2.39. The van der Waals surface area contributed by atoms with Crippen molar-refractivity contribution in [3.63, 3.8) is 0 Å². The molecule has 2 atom stereocenters. The predicted molar refractivity (Wildman–Crippen MR) is 87.8 cm³/mol. The van der Waals surface area contributed by atoms with E-state index < -0.39 is 0 Å². The summed E-state index contributed by atoms with van der Waals surface area (Å²) in [4.78, 5) is 27.1. The van der Waals surface area contributed by atoms with Gasteiger partial charge in [0.15, 0.2) is 0 Å². The second-order valence-corrected chi connectivity index (χ2v) is 6.27. The molecule has 1 aromatic carbocycles. The van der Waals surface area contributed by atoms with Gasteiger partial charge in [-0.05, 0) is 50.6 Å². The van der Waals surface area contributed by atoms with Crippen molar-refractivity contribution in [2.75, 3.05) is 0 Å². The van der Waals surface area contributed by atoms with Gasteiger partial charge in [0.2, 0.25) is 5.91 Å². The summed E-state index contributed by atoms with van der Waals surface area (Å²) in [6.07, 6.45) is 4.98. The first kappa shape index (κ1) is 14.8. The van der Waals surface area contributed by atoms with Crippen LogP contribution < -0.4 is 5.56 Å². The first-order valence-electron chi connectivity index (χ1n) is 7.97. The number of benzene rings is 1. The van der Waals surface area contributed by atoms with Crippen molar-refractivity contribution in [1.82, 2.24) is 9.47 Å². The first-order chi connectivity index (χ1) is 10.6. The van der Waals surface area contributed by atoms with Gasteiger partial charge in [-0.3, -0.25) is 9.59 Å². The van der Waals surface area contributed by atoms with Crippen molar-refractivity contribution in [2.24, 2.45) is 0 Å². The minimum atomic E-state index is -0.0937. The molecule has 4 heteroatoms. The average molecular weight is 298 g/mol. The molecule has 1 fully saturated rings. The molecule has 1 aliphatic rings. The number of pyridine rings is 1. The fourth-order valence-corrected chi connectivity index (χ4v) is 3.49. The summed E-state index contributed by atoms with van der Waals surface area (Å²) in [5, 5.41) is 1.58. The van der Waals surface area contributed by atoms with E-state index in [0.29, 0.717) is 5.39 Å². The smallest absolute Gasteiger partial charge is 0.258 e. The maximum Gasteiger partial charge on any atom is 0.258 e. The molecule has 1 amide bonds.